The Bertz CT molecular complexity index is 647. The van der Waals surface area contributed by atoms with E-state index in [1.165, 1.54) is 5.56 Å². The zero-order chi connectivity index (χ0) is 16.9. The fraction of sp³-hybridized carbons (Fsp3) is 0.316. The standard InChI is InChI=1S/C19H24N2O2.ClH/c1-19(2,3)15-6-10-17(11-7-15)23-13-18(22)21-16-8-4-14(12-20)5-9-16;/h4-11H,12-13,20H2,1-3H3,(H,21,22);1H. The first-order valence-electron chi connectivity index (χ1n) is 7.71. The summed E-state index contributed by atoms with van der Waals surface area (Å²) in [6.45, 7) is 6.94. The molecule has 2 rings (SSSR count). The van der Waals surface area contributed by atoms with Crippen LogP contribution in [-0.2, 0) is 16.8 Å². The van der Waals surface area contributed by atoms with E-state index in [2.05, 4.69) is 26.1 Å². The summed E-state index contributed by atoms with van der Waals surface area (Å²) in [5.74, 6) is 0.497. The molecule has 1 amide bonds. The predicted molar refractivity (Wildman–Crippen MR) is 101 cm³/mol. The number of carbonyl (C=O) groups excluding carboxylic acids is 1. The Morgan fingerprint density at radius 3 is 2.12 bits per heavy atom. The molecule has 0 spiro atoms. The van der Waals surface area contributed by atoms with Crippen molar-refractivity contribution in [2.24, 2.45) is 5.73 Å². The minimum atomic E-state index is -0.189. The molecule has 0 aliphatic heterocycles. The Morgan fingerprint density at radius 1 is 1.04 bits per heavy atom. The second-order valence-electron chi connectivity index (χ2n) is 6.51. The summed E-state index contributed by atoms with van der Waals surface area (Å²) in [6.07, 6.45) is 0. The van der Waals surface area contributed by atoms with Gasteiger partial charge in [0.25, 0.3) is 5.91 Å². The van der Waals surface area contributed by atoms with E-state index in [0.29, 0.717) is 12.3 Å². The third kappa shape index (κ3) is 5.87. The molecule has 0 bridgehead atoms. The van der Waals surface area contributed by atoms with Crippen molar-refractivity contribution in [3.63, 3.8) is 0 Å². The molecule has 5 heteroatoms. The van der Waals surface area contributed by atoms with Crippen molar-refractivity contribution in [3.8, 4) is 5.75 Å². The highest BCUT2D eigenvalue weighted by Gasteiger charge is 2.13. The number of nitrogens with one attached hydrogen (secondary N) is 1. The van der Waals surface area contributed by atoms with Gasteiger partial charge in [-0.3, -0.25) is 4.79 Å². The average molecular weight is 349 g/mol. The van der Waals surface area contributed by atoms with E-state index < -0.39 is 0 Å². The van der Waals surface area contributed by atoms with Crippen LogP contribution in [0.25, 0.3) is 0 Å². The fourth-order valence-corrected chi connectivity index (χ4v) is 2.12. The van der Waals surface area contributed by atoms with Crippen molar-refractivity contribution in [1.29, 1.82) is 0 Å². The summed E-state index contributed by atoms with van der Waals surface area (Å²) in [5, 5.41) is 2.79. The van der Waals surface area contributed by atoms with Crippen LogP contribution in [0.5, 0.6) is 5.75 Å². The highest BCUT2D eigenvalue weighted by atomic mass is 35.5. The van der Waals surface area contributed by atoms with Crippen LogP contribution in [-0.4, -0.2) is 12.5 Å². The van der Waals surface area contributed by atoms with E-state index >= 15 is 0 Å². The number of amides is 1. The molecular formula is C19H25ClN2O2. The maximum absolute atomic E-state index is 11.9. The van der Waals surface area contributed by atoms with Gasteiger partial charge in [-0.25, -0.2) is 0 Å². The maximum Gasteiger partial charge on any atom is 0.262 e. The number of nitrogens with two attached hydrogens (primary N) is 1. The Balaban J connectivity index is 0.00000288. The minimum absolute atomic E-state index is 0. The summed E-state index contributed by atoms with van der Waals surface area (Å²) in [7, 11) is 0. The lowest BCUT2D eigenvalue weighted by molar-refractivity contribution is -0.118. The molecule has 3 N–H and O–H groups in total. The fourth-order valence-electron chi connectivity index (χ4n) is 2.12. The van der Waals surface area contributed by atoms with Crippen molar-refractivity contribution < 1.29 is 9.53 Å². The van der Waals surface area contributed by atoms with Gasteiger partial charge in [0, 0.05) is 12.2 Å². The maximum atomic E-state index is 11.9. The quantitative estimate of drug-likeness (QED) is 0.861. The molecule has 0 aliphatic carbocycles. The van der Waals surface area contributed by atoms with E-state index in [9.17, 15) is 4.79 Å². The van der Waals surface area contributed by atoms with E-state index in [-0.39, 0.29) is 30.3 Å². The third-order valence-electron chi connectivity index (χ3n) is 3.56. The number of carbonyl (C=O) groups is 1. The van der Waals surface area contributed by atoms with Gasteiger partial charge in [-0.05, 0) is 40.8 Å². The van der Waals surface area contributed by atoms with Crippen LogP contribution in [0, 0.1) is 0 Å². The van der Waals surface area contributed by atoms with Crippen molar-refractivity contribution in [3.05, 3.63) is 59.7 Å². The van der Waals surface area contributed by atoms with Crippen LogP contribution in [0.4, 0.5) is 5.69 Å². The molecule has 0 unspecified atom stereocenters. The number of benzene rings is 2. The van der Waals surface area contributed by atoms with Crippen LogP contribution in [0.2, 0.25) is 0 Å². The number of rotatable bonds is 5. The number of hydrogen-bond donors (Lipinski definition) is 2. The molecule has 0 aromatic heterocycles. The van der Waals surface area contributed by atoms with Gasteiger partial charge >= 0.3 is 0 Å². The van der Waals surface area contributed by atoms with Crippen LogP contribution in [0.3, 0.4) is 0 Å². The summed E-state index contributed by atoms with van der Waals surface area (Å²) < 4.78 is 5.52. The van der Waals surface area contributed by atoms with Gasteiger partial charge in [-0.15, -0.1) is 12.4 Å². The molecule has 0 radical (unpaired) electrons. The van der Waals surface area contributed by atoms with Gasteiger partial charge in [0.15, 0.2) is 6.61 Å². The molecular weight excluding hydrogens is 324 g/mol. The molecule has 0 aliphatic rings. The van der Waals surface area contributed by atoms with Gasteiger partial charge in [-0.1, -0.05) is 45.0 Å². The zero-order valence-electron chi connectivity index (χ0n) is 14.3. The second kappa shape index (κ2) is 8.71. The molecule has 130 valence electrons. The summed E-state index contributed by atoms with van der Waals surface area (Å²) in [4.78, 5) is 11.9. The van der Waals surface area contributed by atoms with Crippen LogP contribution in [0.1, 0.15) is 31.9 Å². The molecule has 0 saturated carbocycles. The van der Waals surface area contributed by atoms with Crippen molar-refractivity contribution in [2.45, 2.75) is 32.7 Å². The van der Waals surface area contributed by atoms with E-state index in [0.717, 1.165) is 11.3 Å². The Kier molecular flexibility index (Phi) is 7.26. The summed E-state index contributed by atoms with van der Waals surface area (Å²) in [5.41, 5.74) is 8.64. The lowest BCUT2D eigenvalue weighted by Gasteiger charge is -2.19. The first-order chi connectivity index (χ1) is 10.9. The van der Waals surface area contributed by atoms with Crippen LogP contribution < -0.4 is 15.8 Å². The third-order valence-corrected chi connectivity index (χ3v) is 3.56. The molecule has 0 atom stereocenters. The predicted octanol–water partition coefficient (Wildman–Crippen LogP) is 3.88. The van der Waals surface area contributed by atoms with E-state index in [4.69, 9.17) is 10.5 Å². The monoisotopic (exact) mass is 348 g/mol. The van der Waals surface area contributed by atoms with Gasteiger partial charge in [0.1, 0.15) is 5.75 Å². The summed E-state index contributed by atoms with van der Waals surface area (Å²) >= 11 is 0. The molecule has 0 fully saturated rings. The van der Waals surface area contributed by atoms with Crippen molar-refractivity contribution >= 4 is 24.0 Å². The number of ether oxygens (including phenoxy) is 1. The summed E-state index contributed by atoms with van der Waals surface area (Å²) in [6, 6.07) is 15.3. The van der Waals surface area contributed by atoms with Crippen LogP contribution >= 0.6 is 12.4 Å². The Hall–Kier alpha value is -2.04. The van der Waals surface area contributed by atoms with Gasteiger partial charge < -0.3 is 15.8 Å². The lowest BCUT2D eigenvalue weighted by Crippen LogP contribution is -2.20. The molecule has 2 aromatic carbocycles. The SMILES string of the molecule is CC(C)(C)c1ccc(OCC(=O)Nc2ccc(CN)cc2)cc1.Cl. The smallest absolute Gasteiger partial charge is 0.262 e. The molecule has 24 heavy (non-hydrogen) atoms. The first-order valence-corrected chi connectivity index (χ1v) is 7.71. The number of anilines is 1. The second-order valence-corrected chi connectivity index (χ2v) is 6.51. The van der Waals surface area contributed by atoms with E-state index in [1.54, 1.807) is 0 Å². The number of hydrogen-bond acceptors (Lipinski definition) is 3. The van der Waals surface area contributed by atoms with E-state index in [1.807, 2.05) is 48.5 Å². The minimum Gasteiger partial charge on any atom is -0.484 e. The molecule has 2 aromatic rings. The normalized spacial score (nSPS) is 10.7. The largest absolute Gasteiger partial charge is 0.484 e. The highest BCUT2D eigenvalue weighted by molar-refractivity contribution is 5.91. The van der Waals surface area contributed by atoms with Gasteiger partial charge in [0.05, 0.1) is 0 Å². The number of halogens is 1. The highest BCUT2D eigenvalue weighted by Crippen LogP contribution is 2.24. The molecule has 0 saturated heterocycles. The zero-order valence-corrected chi connectivity index (χ0v) is 15.2. The molecule has 0 heterocycles. The molecule has 4 nitrogen and oxygen atoms in total. The average Bonchev–Trinajstić information content (AvgIpc) is 2.53. The Labute approximate surface area is 149 Å². The van der Waals surface area contributed by atoms with Crippen molar-refractivity contribution in [2.75, 3.05) is 11.9 Å². The lowest BCUT2D eigenvalue weighted by atomic mass is 9.87. The van der Waals surface area contributed by atoms with Crippen LogP contribution in [0.15, 0.2) is 48.5 Å². The van der Waals surface area contributed by atoms with Gasteiger partial charge in [0.2, 0.25) is 0 Å². The van der Waals surface area contributed by atoms with Crippen molar-refractivity contribution in [1.82, 2.24) is 0 Å². The first kappa shape index (κ1) is 20.0. The topological polar surface area (TPSA) is 64.3 Å². The Morgan fingerprint density at radius 2 is 1.62 bits per heavy atom. The van der Waals surface area contributed by atoms with Gasteiger partial charge in [-0.2, -0.15) is 0 Å².